The van der Waals surface area contributed by atoms with E-state index in [2.05, 4.69) is 10.6 Å². The van der Waals surface area contributed by atoms with Gasteiger partial charge in [-0.05, 0) is 18.7 Å². The second-order valence-electron chi connectivity index (χ2n) is 3.54. The minimum absolute atomic E-state index is 0.398. The second kappa shape index (κ2) is 7.09. The standard InChI is InChI=1S/C12H20N2O2/c1-3-13-8-10(15)9-14-11-6-4-5-7-12(11)16-2/h4-7,10,13-15H,3,8-9H2,1-2H3. The number of likely N-dealkylation sites (N-methyl/N-ethyl adjacent to an activating group) is 1. The Morgan fingerprint density at radius 1 is 1.31 bits per heavy atom. The Balaban J connectivity index is 2.41. The minimum atomic E-state index is -0.398. The number of hydrogen-bond donors (Lipinski definition) is 3. The molecule has 90 valence electrons. The number of rotatable bonds is 7. The van der Waals surface area contributed by atoms with Crippen LogP contribution in [0.2, 0.25) is 0 Å². The zero-order valence-corrected chi connectivity index (χ0v) is 9.86. The smallest absolute Gasteiger partial charge is 0.141 e. The number of methoxy groups -OCH3 is 1. The lowest BCUT2D eigenvalue weighted by molar-refractivity contribution is 0.185. The minimum Gasteiger partial charge on any atom is -0.495 e. The van der Waals surface area contributed by atoms with Crippen LogP contribution in [0.5, 0.6) is 5.75 Å². The third-order valence-electron chi connectivity index (χ3n) is 2.27. The Kier molecular flexibility index (Phi) is 5.67. The fourth-order valence-electron chi connectivity index (χ4n) is 1.40. The van der Waals surface area contributed by atoms with Crippen molar-refractivity contribution in [1.29, 1.82) is 0 Å². The fourth-order valence-corrected chi connectivity index (χ4v) is 1.40. The van der Waals surface area contributed by atoms with Crippen LogP contribution in [0.1, 0.15) is 6.92 Å². The van der Waals surface area contributed by atoms with Crippen molar-refractivity contribution in [3.8, 4) is 5.75 Å². The van der Waals surface area contributed by atoms with Gasteiger partial charge < -0.3 is 20.5 Å². The largest absolute Gasteiger partial charge is 0.495 e. The molecule has 0 aliphatic carbocycles. The van der Waals surface area contributed by atoms with Crippen molar-refractivity contribution in [2.24, 2.45) is 0 Å². The van der Waals surface area contributed by atoms with Crippen molar-refractivity contribution < 1.29 is 9.84 Å². The van der Waals surface area contributed by atoms with Crippen LogP contribution in [0.3, 0.4) is 0 Å². The maximum atomic E-state index is 9.64. The van der Waals surface area contributed by atoms with Crippen LogP contribution >= 0.6 is 0 Å². The van der Waals surface area contributed by atoms with Crippen LogP contribution < -0.4 is 15.4 Å². The molecule has 1 aromatic carbocycles. The topological polar surface area (TPSA) is 53.5 Å². The van der Waals surface area contributed by atoms with Gasteiger partial charge in [0.15, 0.2) is 0 Å². The highest BCUT2D eigenvalue weighted by Crippen LogP contribution is 2.22. The molecule has 0 saturated carbocycles. The summed E-state index contributed by atoms with van der Waals surface area (Å²) in [6.07, 6.45) is -0.398. The summed E-state index contributed by atoms with van der Waals surface area (Å²) in [4.78, 5) is 0. The predicted molar refractivity (Wildman–Crippen MR) is 66.0 cm³/mol. The first kappa shape index (κ1) is 12.8. The van der Waals surface area contributed by atoms with Gasteiger partial charge in [0.2, 0.25) is 0 Å². The normalized spacial score (nSPS) is 12.2. The van der Waals surface area contributed by atoms with Gasteiger partial charge in [-0.1, -0.05) is 19.1 Å². The summed E-state index contributed by atoms with van der Waals surface area (Å²) in [6, 6.07) is 7.67. The molecule has 4 heteroatoms. The zero-order valence-electron chi connectivity index (χ0n) is 9.86. The van der Waals surface area contributed by atoms with Crippen LogP contribution in [-0.2, 0) is 0 Å². The van der Waals surface area contributed by atoms with Crippen molar-refractivity contribution in [1.82, 2.24) is 5.32 Å². The number of benzene rings is 1. The van der Waals surface area contributed by atoms with Gasteiger partial charge in [-0.2, -0.15) is 0 Å². The third kappa shape index (κ3) is 4.08. The van der Waals surface area contributed by atoms with E-state index in [9.17, 15) is 5.11 Å². The molecule has 0 aliphatic rings. The Labute approximate surface area is 96.6 Å². The Bertz CT molecular complexity index is 305. The number of nitrogens with one attached hydrogen (secondary N) is 2. The van der Waals surface area contributed by atoms with E-state index in [4.69, 9.17) is 4.74 Å². The molecule has 0 aliphatic heterocycles. The molecule has 0 fully saturated rings. The van der Waals surface area contributed by atoms with Crippen LogP contribution in [0.15, 0.2) is 24.3 Å². The van der Waals surface area contributed by atoms with Crippen LogP contribution in [0.25, 0.3) is 0 Å². The van der Waals surface area contributed by atoms with Crippen LogP contribution in [0.4, 0.5) is 5.69 Å². The lowest BCUT2D eigenvalue weighted by Gasteiger charge is -2.14. The van der Waals surface area contributed by atoms with Crippen molar-refractivity contribution in [2.45, 2.75) is 13.0 Å². The molecule has 0 heterocycles. The molecule has 0 saturated heterocycles. The summed E-state index contributed by atoms with van der Waals surface area (Å²) < 4.78 is 5.20. The third-order valence-corrected chi connectivity index (χ3v) is 2.27. The highest BCUT2D eigenvalue weighted by atomic mass is 16.5. The maximum Gasteiger partial charge on any atom is 0.141 e. The van der Waals surface area contributed by atoms with Crippen molar-refractivity contribution in [2.75, 3.05) is 32.1 Å². The van der Waals surface area contributed by atoms with Crippen LogP contribution in [-0.4, -0.2) is 38.0 Å². The van der Waals surface area contributed by atoms with Gasteiger partial charge in [0.25, 0.3) is 0 Å². The molecule has 1 unspecified atom stereocenters. The van der Waals surface area contributed by atoms with E-state index >= 15 is 0 Å². The number of hydrogen-bond acceptors (Lipinski definition) is 4. The number of aliphatic hydroxyl groups is 1. The molecule has 0 bridgehead atoms. The van der Waals surface area contributed by atoms with Gasteiger partial charge >= 0.3 is 0 Å². The van der Waals surface area contributed by atoms with Gasteiger partial charge in [-0.3, -0.25) is 0 Å². The molecule has 0 spiro atoms. The number of para-hydroxylation sites is 2. The molecule has 4 nitrogen and oxygen atoms in total. The number of aliphatic hydroxyl groups excluding tert-OH is 1. The zero-order chi connectivity index (χ0) is 11.8. The Morgan fingerprint density at radius 3 is 2.75 bits per heavy atom. The molecule has 0 radical (unpaired) electrons. The van der Waals surface area contributed by atoms with Gasteiger partial charge in [0, 0.05) is 13.1 Å². The summed E-state index contributed by atoms with van der Waals surface area (Å²) in [5, 5.41) is 15.9. The molecular formula is C12H20N2O2. The first-order valence-corrected chi connectivity index (χ1v) is 5.53. The molecular weight excluding hydrogens is 204 g/mol. The van der Waals surface area contributed by atoms with E-state index in [-0.39, 0.29) is 0 Å². The second-order valence-corrected chi connectivity index (χ2v) is 3.54. The summed E-state index contributed by atoms with van der Waals surface area (Å²) in [5.41, 5.74) is 0.903. The van der Waals surface area contributed by atoms with E-state index in [1.165, 1.54) is 0 Å². The van der Waals surface area contributed by atoms with E-state index < -0.39 is 6.10 Å². The average molecular weight is 224 g/mol. The van der Waals surface area contributed by atoms with Crippen molar-refractivity contribution >= 4 is 5.69 Å². The van der Waals surface area contributed by atoms with Crippen LogP contribution in [0, 0.1) is 0 Å². The number of anilines is 1. The van der Waals surface area contributed by atoms with Crippen molar-refractivity contribution in [3.05, 3.63) is 24.3 Å². The van der Waals surface area contributed by atoms with E-state index in [0.29, 0.717) is 13.1 Å². The van der Waals surface area contributed by atoms with Crippen molar-refractivity contribution in [3.63, 3.8) is 0 Å². The maximum absolute atomic E-state index is 9.64. The first-order chi connectivity index (χ1) is 7.77. The first-order valence-electron chi connectivity index (χ1n) is 5.53. The summed E-state index contributed by atoms with van der Waals surface area (Å²) in [5.74, 6) is 0.790. The van der Waals surface area contributed by atoms with Gasteiger partial charge in [-0.15, -0.1) is 0 Å². The van der Waals surface area contributed by atoms with Gasteiger partial charge in [0.1, 0.15) is 5.75 Å². The Hall–Kier alpha value is -1.26. The molecule has 1 atom stereocenters. The Morgan fingerprint density at radius 2 is 2.06 bits per heavy atom. The lowest BCUT2D eigenvalue weighted by Crippen LogP contribution is -2.32. The average Bonchev–Trinajstić information content (AvgIpc) is 2.34. The molecule has 1 rings (SSSR count). The quantitative estimate of drug-likeness (QED) is 0.648. The summed E-state index contributed by atoms with van der Waals surface area (Å²) in [6.45, 7) is 3.98. The molecule has 3 N–H and O–H groups in total. The van der Waals surface area contributed by atoms with Gasteiger partial charge in [-0.25, -0.2) is 0 Å². The van der Waals surface area contributed by atoms with E-state index in [1.54, 1.807) is 7.11 Å². The molecule has 0 amide bonds. The molecule has 0 aromatic heterocycles. The SMILES string of the molecule is CCNCC(O)CNc1ccccc1OC. The van der Waals surface area contributed by atoms with Gasteiger partial charge in [0.05, 0.1) is 18.9 Å². The monoisotopic (exact) mass is 224 g/mol. The highest BCUT2D eigenvalue weighted by Gasteiger charge is 2.05. The van der Waals surface area contributed by atoms with E-state index in [1.807, 2.05) is 31.2 Å². The lowest BCUT2D eigenvalue weighted by atomic mass is 10.2. The summed E-state index contributed by atoms with van der Waals surface area (Å²) in [7, 11) is 1.63. The highest BCUT2D eigenvalue weighted by molar-refractivity contribution is 5.56. The van der Waals surface area contributed by atoms with E-state index in [0.717, 1.165) is 18.0 Å². The predicted octanol–water partition coefficient (Wildman–Crippen LogP) is 1.08. The summed E-state index contributed by atoms with van der Waals surface area (Å²) >= 11 is 0. The molecule has 1 aromatic rings. The molecule has 16 heavy (non-hydrogen) atoms. The fraction of sp³-hybridized carbons (Fsp3) is 0.500. The number of ether oxygens (including phenoxy) is 1.